The number of amides is 7. The van der Waals surface area contributed by atoms with Crippen LogP contribution in [0.5, 0.6) is 0 Å². The summed E-state index contributed by atoms with van der Waals surface area (Å²) in [6.07, 6.45) is 4.78. The second-order valence-corrected chi connectivity index (χ2v) is 34.0. The van der Waals surface area contributed by atoms with Crippen LogP contribution in [-0.4, -0.2) is 238 Å². The predicted molar refractivity (Wildman–Crippen MR) is 365 cm³/mol. The molecule has 4 aromatic rings. The van der Waals surface area contributed by atoms with Crippen molar-refractivity contribution >= 4 is 97.1 Å². The summed E-state index contributed by atoms with van der Waals surface area (Å²) in [4.78, 5) is 122. The van der Waals surface area contributed by atoms with Gasteiger partial charge in [0.15, 0.2) is 0 Å². The molecule has 3 N–H and O–H groups in total. The average molecular weight is 1440 g/mol. The first-order valence-corrected chi connectivity index (χ1v) is 37.1. The van der Waals surface area contributed by atoms with Crippen LogP contribution in [0.1, 0.15) is 92.3 Å². The fourth-order valence-electron chi connectivity index (χ4n) is 11.2. The van der Waals surface area contributed by atoms with Crippen molar-refractivity contribution in [1.29, 1.82) is 0 Å². The van der Waals surface area contributed by atoms with Gasteiger partial charge in [-0.3, -0.25) is 24.4 Å². The number of esters is 2. The van der Waals surface area contributed by atoms with Gasteiger partial charge in [-0.15, -0.1) is 23.5 Å². The highest BCUT2D eigenvalue weighted by molar-refractivity contribution is 8.02. The molecule has 7 amide bonds. The van der Waals surface area contributed by atoms with E-state index in [0.717, 1.165) is 8.61 Å². The number of nitrogens with zero attached hydrogens (tertiary/aromatic N) is 8. The summed E-state index contributed by atoms with van der Waals surface area (Å²) in [5, 5.41) is 8.46. The molecule has 4 aliphatic heterocycles. The molecule has 6 heterocycles. The molecule has 4 fully saturated rings. The zero-order valence-electron chi connectivity index (χ0n) is 56.9. The Labute approximate surface area is 581 Å². The minimum atomic E-state index is -4.13. The number of aromatic nitrogens is 2. The zero-order valence-corrected chi connectivity index (χ0v) is 60.2. The highest BCUT2D eigenvalue weighted by Crippen LogP contribution is 2.44. The minimum Gasteiger partial charge on any atom is -0.458 e. The molecule has 0 bridgehead atoms. The number of rotatable bonds is 24. The Balaban J connectivity index is 0.694. The van der Waals surface area contributed by atoms with Gasteiger partial charge in [-0.2, -0.15) is 8.61 Å². The molecular formula is C66H89N11O17S4. The summed E-state index contributed by atoms with van der Waals surface area (Å²) >= 11 is 2.60. The molecule has 2 aromatic heterocycles. The van der Waals surface area contributed by atoms with Gasteiger partial charge in [-0.25, -0.2) is 40.8 Å². The summed E-state index contributed by atoms with van der Waals surface area (Å²) < 4.78 is 83.4. The van der Waals surface area contributed by atoms with Crippen LogP contribution in [0.4, 0.5) is 20.1 Å². The van der Waals surface area contributed by atoms with Crippen LogP contribution in [0.3, 0.4) is 0 Å². The molecule has 2 aromatic carbocycles. The third-order valence-electron chi connectivity index (χ3n) is 16.3. The molecule has 8 rings (SSSR count). The maximum Gasteiger partial charge on any atom is 0.409 e. The highest BCUT2D eigenvalue weighted by atomic mass is 32.2. The van der Waals surface area contributed by atoms with Crippen molar-refractivity contribution in [2.45, 2.75) is 150 Å². The van der Waals surface area contributed by atoms with Crippen molar-refractivity contribution in [3.05, 3.63) is 114 Å². The second kappa shape index (κ2) is 32.6. The summed E-state index contributed by atoms with van der Waals surface area (Å²) in [5.41, 5.74) is 0.674. The van der Waals surface area contributed by atoms with E-state index < -0.39 is 107 Å². The van der Waals surface area contributed by atoms with Crippen LogP contribution in [-0.2, 0) is 87.0 Å². The Kier molecular flexibility index (Phi) is 25.3. The summed E-state index contributed by atoms with van der Waals surface area (Å²) in [7, 11) is -8.25. The van der Waals surface area contributed by atoms with E-state index >= 15 is 0 Å². The highest BCUT2D eigenvalue weighted by Gasteiger charge is 2.53. The Morgan fingerprint density at radius 2 is 0.949 bits per heavy atom. The van der Waals surface area contributed by atoms with E-state index in [9.17, 15) is 55.2 Å². The van der Waals surface area contributed by atoms with Gasteiger partial charge >= 0.3 is 30.2 Å². The van der Waals surface area contributed by atoms with Crippen molar-refractivity contribution in [2.24, 2.45) is 0 Å². The number of hydrogen-bond donors (Lipinski definition) is 3. The number of pyridine rings is 2. The number of hydrogen-bond acceptors (Lipinski definition) is 21. The van der Waals surface area contributed by atoms with Gasteiger partial charge in [-0.1, -0.05) is 36.4 Å². The Morgan fingerprint density at radius 1 is 0.541 bits per heavy atom. The van der Waals surface area contributed by atoms with Crippen LogP contribution in [0.25, 0.3) is 0 Å². The lowest BCUT2D eigenvalue weighted by molar-refractivity contribution is -0.159. The topological polar surface area (TPSA) is 332 Å². The van der Waals surface area contributed by atoms with Crippen molar-refractivity contribution in [3.8, 4) is 0 Å². The Morgan fingerprint density at radius 3 is 1.38 bits per heavy atom. The standard InChI is InChI=1S/C66H89N11O17S4/c1-63(2,3)93-58(81)51(70-56(79)54-65(7,8)95-43-76(54)97(86,87)49-14-11-24-67-41-49)38-45-16-18-47(19-17-45)40-53(78)72-26-30-74(31-27-72)61(84)91-35-13-34-90-36-37-92-62(85)75-32-28-73(29-33-75)60(83)69-48-22-20-46(21-23-48)39-52(59(82)94-64(4,5)6)71-57(80)55-66(9,10)96-44-77(55)98(88,89)50-15-12-25-68-42-50/h11-12,14-25,41-42,51-52,54-55H,13,26-40,43-44H2,1-10H3,(H,69,83)(H,70,79)(H,71,80)/t51-,52-,54+,55+/m0/s1. The maximum atomic E-state index is 14.1. The normalized spacial score (nSPS) is 19.0. The molecule has 4 saturated heterocycles. The minimum absolute atomic E-state index is 0.00102. The summed E-state index contributed by atoms with van der Waals surface area (Å²) in [6.45, 7) is 19.8. The molecule has 0 unspecified atom stereocenters. The molecule has 0 radical (unpaired) electrons. The number of ether oxygens (including phenoxy) is 5. The van der Waals surface area contributed by atoms with Crippen LogP contribution < -0.4 is 16.0 Å². The third kappa shape index (κ3) is 20.5. The third-order valence-corrected chi connectivity index (χ3v) is 23.0. The van der Waals surface area contributed by atoms with Gasteiger partial charge in [0.25, 0.3) is 0 Å². The van der Waals surface area contributed by atoms with E-state index in [0.29, 0.717) is 41.9 Å². The van der Waals surface area contributed by atoms with Crippen molar-refractivity contribution in [1.82, 2.24) is 48.8 Å². The number of sulfonamides is 2. The molecule has 4 aliphatic rings. The van der Waals surface area contributed by atoms with Gasteiger partial charge in [0.05, 0.1) is 31.4 Å². The van der Waals surface area contributed by atoms with Crippen LogP contribution in [0.15, 0.2) is 107 Å². The molecule has 0 spiro atoms. The largest absolute Gasteiger partial charge is 0.458 e. The van der Waals surface area contributed by atoms with Crippen LogP contribution in [0, 0.1) is 0 Å². The Hall–Kier alpha value is -7.62. The molecule has 534 valence electrons. The van der Waals surface area contributed by atoms with Crippen molar-refractivity contribution < 1.29 is 78.9 Å². The predicted octanol–water partition coefficient (Wildman–Crippen LogP) is 5.52. The van der Waals surface area contributed by atoms with Gasteiger partial charge < -0.3 is 59.2 Å². The van der Waals surface area contributed by atoms with E-state index in [2.05, 4.69) is 25.9 Å². The second-order valence-electron chi connectivity index (χ2n) is 27.0. The van der Waals surface area contributed by atoms with E-state index in [1.807, 2.05) is 0 Å². The molecule has 4 atom stereocenters. The average Bonchev–Trinajstić information content (AvgIpc) is 1.59. The maximum absolute atomic E-state index is 14.1. The number of carbonyl (C=O) groups is 8. The number of thioether (sulfide) groups is 2. The Bertz CT molecular complexity index is 3460. The van der Waals surface area contributed by atoms with Crippen molar-refractivity contribution in [3.63, 3.8) is 0 Å². The number of anilines is 1. The van der Waals surface area contributed by atoms with Gasteiger partial charge in [-0.05, 0) is 122 Å². The summed E-state index contributed by atoms with van der Waals surface area (Å²) in [6, 6.07) is 14.5. The van der Waals surface area contributed by atoms with Crippen LogP contribution in [0.2, 0.25) is 0 Å². The van der Waals surface area contributed by atoms with E-state index in [1.165, 1.54) is 82.4 Å². The lowest BCUT2D eigenvalue weighted by Gasteiger charge is -2.34. The van der Waals surface area contributed by atoms with Gasteiger partial charge in [0.1, 0.15) is 51.8 Å². The van der Waals surface area contributed by atoms with Gasteiger partial charge in [0, 0.05) is 118 Å². The lowest BCUT2D eigenvalue weighted by atomic mass is 10.00. The SMILES string of the molecule is CC(C)(C)OC(=O)[C@H](Cc1ccc(CC(=O)N2CCN(C(=O)OCCCOCCOC(=O)N3CCN(C(=O)Nc4ccc(C[C@H](NC(=O)[C@H]5N(S(=O)(=O)c6cccnc6)CSC5(C)C)C(=O)OC(C)(C)C)cc4)CC3)CC2)cc1)NC(=O)[C@H]1N(S(=O)(=O)c2cccnc2)CSC1(C)C. The molecule has 0 aliphatic carbocycles. The lowest BCUT2D eigenvalue weighted by Crippen LogP contribution is -2.57. The summed E-state index contributed by atoms with van der Waals surface area (Å²) in [5.74, 6) is -2.82. The van der Waals surface area contributed by atoms with Crippen LogP contribution >= 0.6 is 23.5 Å². The molecule has 0 saturated carbocycles. The van der Waals surface area contributed by atoms with E-state index in [4.69, 9.17) is 23.7 Å². The first-order valence-electron chi connectivity index (χ1n) is 32.2. The first kappa shape index (κ1) is 76.1. The van der Waals surface area contributed by atoms with Crippen molar-refractivity contribution in [2.75, 3.05) is 95.9 Å². The van der Waals surface area contributed by atoms with E-state index in [1.54, 1.807) is 128 Å². The molecule has 98 heavy (non-hydrogen) atoms. The number of piperazine rings is 2. The number of carbonyl (C=O) groups excluding carboxylic acids is 8. The molecular weight excluding hydrogens is 1350 g/mol. The number of urea groups is 1. The zero-order chi connectivity index (χ0) is 71.4. The number of benzene rings is 2. The molecule has 32 heteroatoms. The number of nitrogens with one attached hydrogen (secondary N) is 3. The van der Waals surface area contributed by atoms with E-state index in [-0.39, 0.29) is 112 Å². The quantitative estimate of drug-likeness (QED) is 0.0442. The fraction of sp³-hybridized carbons (Fsp3) is 0.545. The molecule has 28 nitrogen and oxygen atoms in total. The smallest absolute Gasteiger partial charge is 0.409 e. The first-order chi connectivity index (χ1) is 46.1. The van der Waals surface area contributed by atoms with Gasteiger partial charge in [0.2, 0.25) is 37.8 Å². The monoisotopic (exact) mass is 1440 g/mol. The fourth-order valence-corrected chi connectivity index (χ4v) is 17.4.